The van der Waals surface area contributed by atoms with Crippen molar-refractivity contribution < 1.29 is 33.8 Å². The summed E-state index contributed by atoms with van der Waals surface area (Å²) in [6.45, 7) is 1.08. The molecule has 1 aromatic carbocycles. The number of carboxylic acids is 1. The maximum absolute atomic E-state index is 12.4. The zero-order chi connectivity index (χ0) is 20.3. The number of nitrogens with one attached hydrogen (secondary N) is 1. The number of aliphatic carboxylic acids is 1. The number of benzene rings is 1. The highest BCUT2D eigenvalue weighted by molar-refractivity contribution is 8.00. The molecule has 2 aliphatic heterocycles. The Balaban J connectivity index is 1.62. The number of rotatable bonds is 6. The Morgan fingerprint density at radius 1 is 1.21 bits per heavy atom. The molecular formula is C18H18N2O7S. The van der Waals surface area contributed by atoms with Gasteiger partial charge in [-0.3, -0.25) is 14.5 Å². The third kappa shape index (κ3) is 4.11. The number of fused-ring (bicyclic) bond motifs is 1. The van der Waals surface area contributed by atoms with Gasteiger partial charge in [-0.2, -0.15) is 0 Å². The van der Waals surface area contributed by atoms with E-state index in [1.807, 2.05) is 18.2 Å². The number of alkyl carbamates (subject to hydrolysis) is 1. The van der Waals surface area contributed by atoms with Crippen molar-refractivity contribution in [1.29, 1.82) is 0 Å². The summed E-state index contributed by atoms with van der Waals surface area (Å²) in [5, 5.41) is 11.4. The molecule has 0 aliphatic carbocycles. The van der Waals surface area contributed by atoms with Crippen LogP contribution < -0.4 is 5.32 Å². The number of ether oxygens (including phenoxy) is 2. The molecule has 2 N–H and O–H groups in total. The van der Waals surface area contributed by atoms with Gasteiger partial charge in [0.1, 0.15) is 30.3 Å². The predicted molar refractivity (Wildman–Crippen MR) is 97.9 cm³/mol. The first-order chi connectivity index (χ1) is 13.4. The van der Waals surface area contributed by atoms with Crippen molar-refractivity contribution in [3.05, 3.63) is 47.2 Å². The van der Waals surface area contributed by atoms with Crippen LogP contribution in [0, 0.1) is 0 Å². The maximum atomic E-state index is 12.4. The lowest BCUT2D eigenvalue weighted by Gasteiger charge is -2.49. The Morgan fingerprint density at radius 3 is 2.57 bits per heavy atom. The number of hydrogen-bond donors (Lipinski definition) is 2. The second-order valence-corrected chi connectivity index (χ2v) is 7.24. The monoisotopic (exact) mass is 406 g/mol. The number of thioether (sulfide) groups is 1. The van der Waals surface area contributed by atoms with Crippen molar-refractivity contribution >= 4 is 35.7 Å². The van der Waals surface area contributed by atoms with Gasteiger partial charge in [0.25, 0.3) is 5.91 Å². The molecule has 1 fully saturated rings. The average molecular weight is 406 g/mol. The third-order valence-electron chi connectivity index (χ3n) is 4.19. The first-order valence-electron chi connectivity index (χ1n) is 8.39. The summed E-state index contributed by atoms with van der Waals surface area (Å²) in [6, 6.07) is 8.20. The van der Waals surface area contributed by atoms with Crippen LogP contribution in [0.1, 0.15) is 12.5 Å². The maximum Gasteiger partial charge on any atom is 0.408 e. The molecule has 2 atom stereocenters. The zero-order valence-corrected chi connectivity index (χ0v) is 15.7. The van der Waals surface area contributed by atoms with Crippen LogP contribution in [0.3, 0.4) is 0 Å². The molecule has 1 aromatic rings. The minimum absolute atomic E-state index is 0.0575. The minimum Gasteiger partial charge on any atom is -0.477 e. The van der Waals surface area contributed by atoms with Gasteiger partial charge in [-0.25, -0.2) is 9.59 Å². The largest absolute Gasteiger partial charge is 0.477 e. The van der Waals surface area contributed by atoms with Gasteiger partial charge in [-0.15, -0.1) is 11.8 Å². The van der Waals surface area contributed by atoms with E-state index in [0.29, 0.717) is 5.57 Å². The topological polar surface area (TPSA) is 122 Å². The molecule has 0 unspecified atom stereocenters. The van der Waals surface area contributed by atoms with Crippen molar-refractivity contribution in [1.82, 2.24) is 10.2 Å². The fourth-order valence-electron chi connectivity index (χ4n) is 2.87. The van der Waals surface area contributed by atoms with Crippen molar-refractivity contribution in [3.63, 3.8) is 0 Å². The van der Waals surface area contributed by atoms with Crippen LogP contribution in [0.25, 0.3) is 0 Å². The molecule has 148 valence electrons. The number of nitrogens with zero attached hydrogens (tertiary/aromatic N) is 1. The van der Waals surface area contributed by atoms with E-state index in [9.17, 15) is 24.3 Å². The van der Waals surface area contributed by atoms with Crippen molar-refractivity contribution in [3.8, 4) is 0 Å². The summed E-state index contributed by atoms with van der Waals surface area (Å²) in [6.07, 6.45) is -0.756. The Hall–Kier alpha value is -3.01. The van der Waals surface area contributed by atoms with Gasteiger partial charge >= 0.3 is 18.0 Å². The van der Waals surface area contributed by atoms with Crippen LogP contribution >= 0.6 is 11.8 Å². The van der Waals surface area contributed by atoms with Gasteiger partial charge in [0.15, 0.2) is 0 Å². The highest BCUT2D eigenvalue weighted by Gasteiger charge is 2.54. The number of esters is 1. The summed E-state index contributed by atoms with van der Waals surface area (Å²) >= 11 is 1.28. The number of hydrogen-bond acceptors (Lipinski definition) is 7. The highest BCUT2D eigenvalue weighted by Crippen LogP contribution is 2.40. The summed E-state index contributed by atoms with van der Waals surface area (Å²) in [7, 11) is 0. The molecule has 3 rings (SSSR count). The Morgan fingerprint density at radius 2 is 1.93 bits per heavy atom. The minimum atomic E-state index is -1.29. The van der Waals surface area contributed by atoms with E-state index < -0.39 is 35.4 Å². The third-order valence-corrected chi connectivity index (χ3v) is 5.53. The van der Waals surface area contributed by atoms with Crippen LogP contribution in [-0.2, 0) is 30.5 Å². The quantitative estimate of drug-likeness (QED) is 0.532. The molecule has 0 aromatic heterocycles. The highest BCUT2D eigenvalue weighted by atomic mass is 32.2. The summed E-state index contributed by atoms with van der Waals surface area (Å²) in [5.41, 5.74) is 0.936. The lowest BCUT2D eigenvalue weighted by atomic mass is 10.0. The molecule has 2 heterocycles. The van der Waals surface area contributed by atoms with E-state index >= 15 is 0 Å². The molecule has 9 nitrogen and oxygen atoms in total. The van der Waals surface area contributed by atoms with Gasteiger partial charge in [0, 0.05) is 18.2 Å². The zero-order valence-electron chi connectivity index (χ0n) is 14.9. The molecular weight excluding hydrogens is 388 g/mol. The molecule has 0 radical (unpaired) electrons. The Kier molecular flexibility index (Phi) is 5.88. The van der Waals surface area contributed by atoms with Crippen molar-refractivity contribution in [2.75, 3.05) is 12.4 Å². The van der Waals surface area contributed by atoms with E-state index in [-0.39, 0.29) is 24.7 Å². The molecule has 10 heteroatoms. The van der Waals surface area contributed by atoms with Gasteiger partial charge in [-0.05, 0) is 5.56 Å². The second kappa shape index (κ2) is 8.34. The average Bonchev–Trinajstić information content (AvgIpc) is 2.68. The molecule has 0 spiro atoms. The van der Waals surface area contributed by atoms with Crippen LogP contribution in [0.15, 0.2) is 41.6 Å². The van der Waals surface area contributed by atoms with Crippen LogP contribution in [0.5, 0.6) is 0 Å². The van der Waals surface area contributed by atoms with Crippen molar-refractivity contribution in [2.45, 2.75) is 24.9 Å². The molecule has 0 bridgehead atoms. The number of carboxylic acid groups (broad SMARTS) is 1. The van der Waals surface area contributed by atoms with Crippen LogP contribution in [-0.4, -0.2) is 57.7 Å². The van der Waals surface area contributed by atoms with Gasteiger partial charge in [-0.1, -0.05) is 30.3 Å². The normalized spacial score (nSPS) is 20.8. The summed E-state index contributed by atoms with van der Waals surface area (Å²) in [4.78, 5) is 48.2. The van der Waals surface area contributed by atoms with Crippen LogP contribution in [0.4, 0.5) is 4.79 Å². The van der Waals surface area contributed by atoms with Gasteiger partial charge < -0.3 is 19.9 Å². The number of carbonyl (C=O) groups excluding carboxylic acids is 3. The first kappa shape index (κ1) is 19.7. The Labute approximate surface area is 164 Å². The second-order valence-electron chi connectivity index (χ2n) is 6.13. The number of amides is 2. The van der Waals surface area contributed by atoms with E-state index in [1.54, 1.807) is 12.1 Å². The summed E-state index contributed by atoms with van der Waals surface area (Å²) in [5.74, 6) is -2.11. The smallest absolute Gasteiger partial charge is 0.408 e. The van der Waals surface area contributed by atoms with Gasteiger partial charge in [0.05, 0.1) is 0 Å². The number of carbonyl (C=O) groups is 4. The standard InChI is InChI=1S/C18H18N2O7S/c1-10(21)26-8-12-9-28-16-13(15(22)20(16)14(12)17(23)24)19-18(25)27-7-11-5-3-2-4-6-11/h2-6,13,16H,7-9H2,1H3,(H,19,25)(H,23,24)/t13-,16-/m1/s1. The molecule has 1 saturated heterocycles. The number of β-lactam (4-membered cyclic amide) rings is 1. The van der Waals surface area contributed by atoms with Crippen molar-refractivity contribution in [2.24, 2.45) is 0 Å². The molecule has 28 heavy (non-hydrogen) atoms. The van der Waals surface area contributed by atoms with E-state index in [1.165, 1.54) is 18.7 Å². The molecule has 0 saturated carbocycles. The Bertz CT molecular complexity index is 840. The first-order valence-corrected chi connectivity index (χ1v) is 9.44. The molecule has 2 aliphatic rings. The van der Waals surface area contributed by atoms with E-state index in [0.717, 1.165) is 10.5 Å². The van der Waals surface area contributed by atoms with Crippen LogP contribution in [0.2, 0.25) is 0 Å². The summed E-state index contributed by atoms with van der Waals surface area (Å²) < 4.78 is 9.98. The lowest BCUT2D eigenvalue weighted by Crippen LogP contribution is -2.70. The predicted octanol–water partition coefficient (Wildman–Crippen LogP) is 1.10. The van der Waals surface area contributed by atoms with Gasteiger partial charge in [0.2, 0.25) is 0 Å². The molecule has 2 amide bonds. The fourth-order valence-corrected chi connectivity index (χ4v) is 4.20. The lowest BCUT2D eigenvalue weighted by molar-refractivity contribution is -0.149. The fraction of sp³-hybridized carbons (Fsp3) is 0.333. The SMILES string of the molecule is CC(=O)OCC1=C(C(=O)O)N2C(=O)[C@@H](NC(=O)OCc3ccccc3)[C@H]2SC1. The van der Waals surface area contributed by atoms with E-state index in [4.69, 9.17) is 9.47 Å². The van der Waals surface area contributed by atoms with E-state index in [2.05, 4.69) is 5.32 Å².